The van der Waals surface area contributed by atoms with Gasteiger partial charge in [0.15, 0.2) is 4.96 Å². The molecule has 2 amide bonds. The number of carbonyl (C=O) groups is 1. The molecule has 41 heavy (non-hydrogen) atoms. The van der Waals surface area contributed by atoms with Crippen molar-refractivity contribution in [2.75, 3.05) is 30.0 Å². The molecule has 3 aromatic carbocycles. The molecule has 0 saturated carbocycles. The van der Waals surface area contributed by atoms with Gasteiger partial charge in [-0.05, 0) is 62.1 Å². The van der Waals surface area contributed by atoms with E-state index in [0.717, 1.165) is 45.5 Å². The molecule has 204 valence electrons. The van der Waals surface area contributed by atoms with Crippen LogP contribution >= 0.6 is 11.3 Å². The van der Waals surface area contributed by atoms with Crippen LogP contribution in [0.5, 0.6) is 0 Å². The lowest BCUT2D eigenvalue weighted by atomic mass is 10.1. The average molecular weight is 561 g/mol. The van der Waals surface area contributed by atoms with Crippen molar-refractivity contribution in [3.63, 3.8) is 0 Å². The molecule has 0 radical (unpaired) electrons. The number of thiazole rings is 1. The number of rotatable bonds is 8. The average Bonchev–Trinajstić information content (AvgIpc) is 3.55. The predicted octanol–water partition coefficient (Wildman–Crippen LogP) is 6.97. The summed E-state index contributed by atoms with van der Waals surface area (Å²) in [5.74, 6) is 0.494. The molecule has 0 fully saturated rings. The van der Waals surface area contributed by atoms with Gasteiger partial charge in [-0.25, -0.2) is 19.7 Å². The SMILES string of the molecule is CN(C)Cc1cccc(Nc2nccc(-c3c(-c4cccc(NC(=O)Nc5ccccc5)c4)nc4sccn34)n2)c1. The quantitative estimate of drug-likeness (QED) is 0.186. The third-order valence-corrected chi connectivity index (χ3v) is 7.02. The summed E-state index contributed by atoms with van der Waals surface area (Å²) < 4.78 is 2.03. The Bertz CT molecular complexity index is 1810. The molecule has 0 bridgehead atoms. The first kappa shape index (κ1) is 26.2. The minimum absolute atomic E-state index is 0.319. The maximum absolute atomic E-state index is 12.6. The third-order valence-electron chi connectivity index (χ3n) is 6.27. The van der Waals surface area contributed by atoms with Gasteiger partial charge in [0.25, 0.3) is 0 Å². The van der Waals surface area contributed by atoms with Gasteiger partial charge in [-0.1, -0.05) is 42.5 Å². The summed E-state index contributed by atoms with van der Waals surface area (Å²) in [5.41, 5.74) is 6.69. The molecule has 0 aliphatic heterocycles. The molecular weight excluding hydrogens is 532 g/mol. The normalized spacial score (nSPS) is 11.1. The van der Waals surface area contributed by atoms with E-state index in [1.165, 1.54) is 5.56 Å². The van der Waals surface area contributed by atoms with E-state index in [-0.39, 0.29) is 6.03 Å². The summed E-state index contributed by atoms with van der Waals surface area (Å²) in [7, 11) is 4.10. The highest BCUT2D eigenvalue weighted by Gasteiger charge is 2.19. The zero-order chi connectivity index (χ0) is 28.2. The third kappa shape index (κ3) is 6.08. The highest BCUT2D eigenvalue weighted by Crippen LogP contribution is 2.35. The molecule has 3 heterocycles. The molecule has 3 N–H and O–H groups in total. The summed E-state index contributed by atoms with van der Waals surface area (Å²) in [4.78, 5) is 29.9. The summed E-state index contributed by atoms with van der Waals surface area (Å²) in [6.45, 7) is 0.841. The molecule has 0 atom stereocenters. The Kier molecular flexibility index (Phi) is 7.40. The maximum Gasteiger partial charge on any atom is 0.323 e. The van der Waals surface area contributed by atoms with E-state index in [0.29, 0.717) is 11.6 Å². The molecule has 0 unspecified atom stereocenters. The van der Waals surface area contributed by atoms with Crippen molar-refractivity contribution in [2.24, 2.45) is 0 Å². The number of carbonyl (C=O) groups excluding carboxylic acids is 1. The summed E-state index contributed by atoms with van der Waals surface area (Å²) in [5, 5.41) is 11.1. The Balaban J connectivity index is 1.30. The summed E-state index contributed by atoms with van der Waals surface area (Å²) in [6.07, 6.45) is 3.73. The first-order valence-electron chi connectivity index (χ1n) is 13.0. The topological polar surface area (TPSA) is 99.5 Å². The van der Waals surface area contributed by atoms with Crippen LogP contribution < -0.4 is 16.0 Å². The zero-order valence-electron chi connectivity index (χ0n) is 22.6. The fourth-order valence-corrected chi connectivity index (χ4v) is 5.30. The Hall–Kier alpha value is -5.06. The fraction of sp³-hybridized carbons (Fsp3) is 0.0968. The molecule has 10 heteroatoms. The lowest BCUT2D eigenvalue weighted by Crippen LogP contribution is -2.19. The number of para-hydroxylation sites is 1. The van der Waals surface area contributed by atoms with E-state index in [4.69, 9.17) is 9.97 Å². The molecule has 6 aromatic rings. The predicted molar refractivity (Wildman–Crippen MR) is 166 cm³/mol. The molecular formula is C31H28N8OS. The van der Waals surface area contributed by atoms with E-state index in [2.05, 4.69) is 38.0 Å². The van der Waals surface area contributed by atoms with Crippen LogP contribution in [0.1, 0.15) is 5.56 Å². The fourth-order valence-electron chi connectivity index (χ4n) is 4.58. The van der Waals surface area contributed by atoms with Gasteiger partial charge in [-0.2, -0.15) is 0 Å². The Labute approximate surface area is 241 Å². The second kappa shape index (κ2) is 11.6. The highest BCUT2D eigenvalue weighted by molar-refractivity contribution is 7.15. The van der Waals surface area contributed by atoms with Crippen molar-refractivity contribution in [3.8, 4) is 22.6 Å². The standard InChI is InChI=1S/C31H28N8OS/c1-38(2)20-21-8-6-12-24(18-21)33-29-32-15-14-26(36-29)28-27(37-31-39(28)16-17-41-31)22-9-7-13-25(19-22)35-30(40)34-23-10-4-3-5-11-23/h3-19H,20H2,1-2H3,(H,32,33,36)(H2,34,35,40). The van der Waals surface area contributed by atoms with Crippen molar-refractivity contribution in [1.82, 2.24) is 24.3 Å². The minimum Gasteiger partial charge on any atom is -0.324 e. The molecule has 0 saturated heterocycles. The van der Waals surface area contributed by atoms with Crippen LogP contribution in [0, 0.1) is 0 Å². The number of imidazole rings is 1. The number of anilines is 4. The van der Waals surface area contributed by atoms with Gasteiger partial charge in [0.1, 0.15) is 5.69 Å². The minimum atomic E-state index is -0.319. The lowest BCUT2D eigenvalue weighted by molar-refractivity contribution is 0.262. The Morgan fingerprint density at radius 3 is 2.51 bits per heavy atom. The number of benzene rings is 3. The number of fused-ring (bicyclic) bond motifs is 1. The number of nitrogens with zero attached hydrogens (tertiary/aromatic N) is 5. The van der Waals surface area contributed by atoms with Crippen LogP contribution in [-0.4, -0.2) is 44.4 Å². The first-order valence-corrected chi connectivity index (χ1v) is 13.9. The number of hydrogen-bond donors (Lipinski definition) is 3. The lowest BCUT2D eigenvalue weighted by Gasteiger charge is -2.12. The molecule has 9 nitrogen and oxygen atoms in total. The van der Waals surface area contributed by atoms with Gasteiger partial charge in [-0.15, -0.1) is 11.3 Å². The van der Waals surface area contributed by atoms with Crippen molar-refractivity contribution < 1.29 is 4.79 Å². The number of urea groups is 1. The van der Waals surface area contributed by atoms with Gasteiger partial charge in [-0.3, -0.25) is 4.40 Å². The molecule has 6 rings (SSSR count). The molecule has 0 aliphatic rings. The zero-order valence-corrected chi connectivity index (χ0v) is 23.4. The molecule has 3 aromatic heterocycles. The first-order chi connectivity index (χ1) is 20.0. The van der Waals surface area contributed by atoms with E-state index in [9.17, 15) is 4.79 Å². The highest BCUT2D eigenvalue weighted by atomic mass is 32.1. The largest absolute Gasteiger partial charge is 0.324 e. The summed E-state index contributed by atoms with van der Waals surface area (Å²) >= 11 is 1.55. The van der Waals surface area contributed by atoms with Crippen LogP contribution in [0.3, 0.4) is 0 Å². The van der Waals surface area contributed by atoms with Crippen molar-refractivity contribution in [2.45, 2.75) is 6.54 Å². The van der Waals surface area contributed by atoms with Crippen molar-refractivity contribution >= 4 is 45.3 Å². The second-order valence-electron chi connectivity index (χ2n) is 9.72. The number of amides is 2. The van der Waals surface area contributed by atoms with E-state index >= 15 is 0 Å². The number of hydrogen-bond acceptors (Lipinski definition) is 7. The number of nitrogens with one attached hydrogen (secondary N) is 3. The summed E-state index contributed by atoms with van der Waals surface area (Å²) in [6, 6.07) is 26.8. The van der Waals surface area contributed by atoms with Crippen LogP contribution in [0.15, 0.2) is 103 Å². The Morgan fingerprint density at radius 2 is 1.66 bits per heavy atom. The van der Waals surface area contributed by atoms with Crippen LogP contribution in [0.25, 0.3) is 27.6 Å². The van der Waals surface area contributed by atoms with E-state index in [1.807, 2.05) is 103 Å². The van der Waals surface area contributed by atoms with E-state index in [1.54, 1.807) is 17.5 Å². The van der Waals surface area contributed by atoms with Gasteiger partial charge >= 0.3 is 6.03 Å². The monoisotopic (exact) mass is 560 g/mol. The van der Waals surface area contributed by atoms with E-state index < -0.39 is 0 Å². The Morgan fingerprint density at radius 1 is 0.878 bits per heavy atom. The van der Waals surface area contributed by atoms with Crippen molar-refractivity contribution in [3.05, 3.63) is 108 Å². The van der Waals surface area contributed by atoms with Crippen LogP contribution in [0.4, 0.5) is 27.8 Å². The maximum atomic E-state index is 12.6. The number of aromatic nitrogens is 4. The van der Waals surface area contributed by atoms with Crippen LogP contribution in [-0.2, 0) is 6.54 Å². The van der Waals surface area contributed by atoms with Gasteiger partial charge in [0, 0.05) is 46.9 Å². The van der Waals surface area contributed by atoms with Crippen LogP contribution in [0.2, 0.25) is 0 Å². The van der Waals surface area contributed by atoms with Gasteiger partial charge < -0.3 is 20.9 Å². The molecule has 0 aliphatic carbocycles. The van der Waals surface area contributed by atoms with Crippen molar-refractivity contribution in [1.29, 1.82) is 0 Å². The van der Waals surface area contributed by atoms with Gasteiger partial charge in [0.05, 0.1) is 11.4 Å². The second-order valence-corrected chi connectivity index (χ2v) is 10.6. The van der Waals surface area contributed by atoms with Gasteiger partial charge in [0.2, 0.25) is 5.95 Å². The molecule has 0 spiro atoms. The smallest absolute Gasteiger partial charge is 0.323 e.